The van der Waals surface area contributed by atoms with Gasteiger partial charge in [0.05, 0.1) is 0 Å². The summed E-state index contributed by atoms with van der Waals surface area (Å²) in [6.45, 7) is 0. The van der Waals surface area contributed by atoms with E-state index in [-0.39, 0.29) is 23.2 Å². The number of phenols is 1. The number of hydrogen-bond donors (Lipinski definition) is 2. The number of carbonyl (C=O) groups excluding carboxylic acids is 1. The number of rotatable bonds is 8. The second-order valence-corrected chi connectivity index (χ2v) is 9.56. The van der Waals surface area contributed by atoms with Crippen LogP contribution in [0.5, 0.6) is 11.5 Å². The molecule has 0 amide bonds. The minimum absolute atomic E-state index is 0.0822. The first-order chi connectivity index (χ1) is 17.2. The highest BCUT2D eigenvalue weighted by Gasteiger charge is 2.21. The summed E-state index contributed by atoms with van der Waals surface area (Å²) in [6, 6.07) is 31.9. The molecule has 8 heteroatoms. The largest absolute Gasteiger partial charge is 0.746 e. The van der Waals surface area contributed by atoms with Crippen molar-refractivity contribution in [2.24, 2.45) is 5.92 Å². The Kier molecular flexibility index (Phi) is 9.86. The van der Waals surface area contributed by atoms with Crippen LogP contribution in [0.4, 0.5) is 0 Å². The summed E-state index contributed by atoms with van der Waals surface area (Å²) >= 11 is 5.96. The fourth-order valence-corrected chi connectivity index (χ4v) is 4.05. The molecule has 0 heterocycles. The molecule has 0 saturated carbocycles. The van der Waals surface area contributed by atoms with Gasteiger partial charge in [-0.25, -0.2) is 0 Å². The van der Waals surface area contributed by atoms with Gasteiger partial charge in [-0.3, -0.25) is 9.36 Å². The molecule has 0 fully saturated rings. The first-order valence-corrected chi connectivity index (χ1v) is 13.0. The molecule has 2 unspecified atom stereocenters. The summed E-state index contributed by atoms with van der Waals surface area (Å²) in [4.78, 5) is 31.4. The van der Waals surface area contributed by atoms with Crippen LogP contribution in [-0.4, -0.2) is 15.8 Å². The van der Waals surface area contributed by atoms with E-state index in [1.165, 1.54) is 12.1 Å². The van der Waals surface area contributed by atoms with Crippen molar-refractivity contribution in [1.82, 2.24) is 0 Å². The van der Waals surface area contributed by atoms with Crippen molar-refractivity contribution >= 4 is 25.2 Å². The third kappa shape index (κ3) is 9.33. The van der Waals surface area contributed by atoms with E-state index in [0.29, 0.717) is 23.4 Å². The lowest BCUT2D eigenvalue weighted by Gasteiger charge is -2.17. The third-order valence-corrected chi connectivity index (χ3v) is 5.90. The second kappa shape index (κ2) is 13.1. The number of halogens is 1. The van der Waals surface area contributed by atoms with Crippen molar-refractivity contribution in [3.63, 3.8) is 0 Å². The number of phosphoric acid groups is 1. The van der Waals surface area contributed by atoms with Crippen LogP contribution < -0.4 is 9.42 Å². The number of phenolic OH excluding ortho intramolecular Hbond substituents is 1. The van der Waals surface area contributed by atoms with E-state index in [1.54, 1.807) is 42.5 Å². The molecule has 0 aliphatic heterocycles. The summed E-state index contributed by atoms with van der Waals surface area (Å²) < 4.78 is 14.3. The van der Waals surface area contributed by atoms with Crippen molar-refractivity contribution in [2.45, 2.75) is 12.8 Å². The van der Waals surface area contributed by atoms with Crippen LogP contribution in [0.1, 0.15) is 21.5 Å². The summed E-state index contributed by atoms with van der Waals surface area (Å²) in [7, 11) is -4.64. The number of ketones is 1. The highest BCUT2D eigenvalue weighted by Crippen LogP contribution is 2.32. The van der Waals surface area contributed by atoms with Gasteiger partial charge in [0.1, 0.15) is 11.5 Å². The zero-order chi connectivity index (χ0) is 26.0. The highest BCUT2D eigenvalue weighted by molar-refractivity contribution is 7.45. The molecule has 0 bridgehead atoms. The second-order valence-electron chi connectivity index (χ2n) is 8.00. The van der Waals surface area contributed by atoms with Gasteiger partial charge in [-0.2, -0.15) is 0 Å². The standard InChI is InChI=1S/C22H19ClO2.C6H7O4P/c23-20-10-6-17(7-11-20)15-19(14-16-4-2-1-3-5-16)22(25)18-8-12-21(24)13-9-18;7-11(8,9)10-6-4-2-1-3-5-6/h1-13,19,24H,14-15H2;1-5H,(H2,7,8,9)/p-1. The normalized spacial score (nSPS) is 13.0. The molecule has 4 aromatic carbocycles. The Morgan fingerprint density at radius 2 is 1.31 bits per heavy atom. The van der Waals surface area contributed by atoms with E-state index in [0.717, 1.165) is 11.1 Å². The third-order valence-electron chi connectivity index (χ3n) is 5.21. The van der Waals surface area contributed by atoms with Crippen LogP contribution in [-0.2, 0) is 17.4 Å². The smallest absolute Gasteiger partial charge is 0.317 e. The lowest BCUT2D eigenvalue weighted by Crippen LogP contribution is -2.20. The van der Waals surface area contributed by atoms with Gasteiger partial charge >= 0.3 is 7.82 Å². The van der Waals surface area contributed by atoms with Gasteiger partial charge in [-0.15, -0.1) is 0 Å². The molecule has 4 rings (SSSR count). The highest BCUT2D eigenvalue weighted by atomic mass is 35.5. The molecule has 2 N–H and O–H groups in total. The predicted molar refractivity (Wildman–Crippen MR) is 138 cm³/mol. The fourth-order valence-electron chi connectivity index (χ4n) is 3.54. The van der Waals surface area contributed by atoms with Gasteiger partial charge in [-0.1, -0.05) is 72.3 Å². The van der Waals surface area contributed by atoms with Gasteiger partial charge in [0.2, 0.25) is 0 Å². The Bertz CT molecular complexity index is 1270. The zero-order valence-corrected chi connectivity index (χ0v) is 20.9. The van der Waals surface area contributed by atoms with Crippen LogP contribution >= 0.6 is 19.4 Å². The summed E-state index contributed by atoms with van der Waals surface area (Å²) in [5.41, 5.74) is 2.83. The first-order valence-electron chi connectivity index (χ1n) is 11.1. The van der Waals surface area contributed by atoms with Crippen molar-refractivity contribution in [3.05, 3.63) is 131 Å². The zero-order valence-electron chi connectivity index (χ0n) is 19.2. The summed E-state index contributed by atoms with van der Waals surface area (Å²) in [5, 5.41) is 10.1. The molecule has 0 saturated heterocycles. The van der Waals surface area contributed by atoms with Crippen molar-refractivity contribution in [2.75, 3.05) is 0 Å². The molecular weight excluding hydrogens is 499 g/mol. The maximum atomic E-state index is 13.0. The molecule has 186 valence electrons. The lowest BCUT2D eigenvalue weighted by atomic mass is 9.86. The number of Topliss-reactive ketones (excluding diaryl/α,β-unsaturated/α-hetero) is 1. The van der Waals surface area contributed by atoms with Gasteiger partial charge < -0.3 is 19.4 Å². The average molecular weight is 524 g/mol. The van der Waals surface area contributed by atoms with Gasteiger partial charge in [-0.05, 0) is 72.5 Å². The van der Waals surface area contributed by atoms with E-state index in [2.05, 4.69) is 4.52 Å². The minimum atomic E-state index is -4.64. The van der Waals surface area contributed by atoms with E-state index >= 15 is 0 Å². The fraction of sp³-hybridized carbons (Fsp3) is 0.107. The Morgan fingerprint density at radius 3 is 1.83 bits per heavy atom. The number of aromatic hydroxyl groups is 1. The number of para-hydroxylation sites is 1. The Hall–Kier alpha value is -3.41. The summed E-state index contributed by atoms with van der Waals surface area (Å²) in [5.74, 6) is 0.175. The minimum Gasteiger partial charge on any atom is -0.746 e. The molecule has 6 nitrogen and oxygen atoms in total. The van der Waals surface area contributed by atoms with Crippen LogP contribution in [0.3, 0.4) is 0 Å². The monoisotopic (exact) mass is 523 g/mol. The molecule has 36 heavy (non-hydrogen) atoms. The van der Waals surface area contributed by atoms with Crippen molar-refractivity contribution < 1.29 is 28.8 Å². The van der Waals surface area contributed by atoms with Gasteiger partial charge in [0.25, 0.3) is 0 Å². The van der Waals surface area contributed by atoms with E-state index < -0.39 is 7.82 Å². The molecule has 0 aliphatic rings. The SMILES string of the molecule is O=C(c1ccc(O)cc1)C(Cc1ccccc1)Cc1ccc(Cl)cc1.O=P([O-])(O)Oc1ccccc1. The Labute approximate surface area is 215 Å². The molecule has 0 aliphatic carbocycles. The topological polar surface area (TPSA) is 107 Å². The predicted octanol–water partition coefficient (Wildman–Crippen LogP) is 5.86. The van der Waals surface area contributed by atoms with Gasteiger partial charge in [0.15, 0.2) is 5.78 Å². The molecular formula is C28H25ClO6P-. The van der Waals surface area contributed by atoms with Crippen LogP contribution in [0.15, 0.2) is 109 Å². The van der Waals surface area contributed by atoms with E-state index in [1.807, 2.05) is 54.6 Å². The molecule has 0 aromatic heterocycles. The number of benzene rings is 4. The first kappa shape index (κ1) is 27.2. The summed E-state index contributed by atoms with van der Waals surface area (Å²) in [6.07, 6.45) is 1.31. The maximum Gasteiger partial charge on any atom is 0.317 e. The van der Waals surface area contributed by atoms with Gasteiger partial charge in [0, 0.05) is 16.5 Å². The molecule has 4 aromatic rings. The maximum absolute atomic E-state index is 13.0. The van der Waals surface area contributed by atoms with Crippen LogP contribution in [0.25, 0.3) is 0 Å². The van der Waals surface area contributed by atoms with Crippen molar-refractivity contribution in [3.8, 4) is 11.5 Å². The van der Waals surface area contributed by atoms with Crippen LogP contribution in [0, 0.1) is 5.92 Å². The Balaban J connectivity index is 0.000000275. The average Bonchev–Trinajstić information content (AvgIpc) is 2.86. The van der Waals surface area contributed by atoms with E-state index in [9.17, 15) is 19.4 Å². The Morgan fingerprint density at radius 1 is 0.806 bits per heavy atom. The number of phosphoric ester groups is 1. The number of carbonyl (C=O) groups is 1. The lowest BCUT2D eigenvalue weighted by molar-refractivity contribution is -0.211. The van der Waals surface area contributed by atoms with E-state index in [4.69, 9.17) is 16.5 Å². The van der Waals surface area contributed by atoms with Crippen LogP contribution in [0.2, 0.25) is 5.02 Å². The quantitative estimate of drug-likeness (QED) is 0.221. The molecule has 2 atom stereocenters. The molecule has 0 spiro atoms. The molecule has 0 radical (unpaired) electrons. The number of hydrogen-bond acceptors (Lipinski definition) is 5. The van der Waals surface area contributed by atoms with Crippen molar-refractivity contribution in [1.29, 1.82) is 0 Å².